The molecule has 2 aromatic carbocycles. The first-order chi connectivity index (χ1) is 11.7. The molecule has 1 aliphatic carbocycles. The first-order valence-corrected chi connectivity index (χ1v) is 8.40. The average Bonchev–Trinajstić information content (AvgIpc) is 3.36. The number of carbonyl (C=O) groups is 1. The fourth-order valence-electron chi connectivity index (χ4n) is 3.12. The average molecular weight is 320 g/mol. The van der Waals surface area contributed by atoms with Gasteiger partial charge < -0.3 is 9.84 Å². The summed E-state index contributed by atoms with van der Waals surface area (Å²) in [5.41, 5.74) is 3.83. The highest BCUT2D eigenvalue weighted by molar-refractivity contribution is 5.86. The molecule has 24 heavy (non-hydrogen) atoms. The molecule has 0 radical (unpaired) electrons. The van der Waals surface area contributed by atoms with Crippen LogP contribution in [0.25, 0.3) is 11.0 Å². The minimum absolute atomic E-state index is 0.00784. The maximum absolute atomic E-state index is 12.5. The van der Waals surface area contributed by atoms with Crippen LogP contribution in [-0.2, 0) is 11.2 Å². The summed E-state index contributed by atoms with van der Waals surface area (Å²) in [5.74, 6) is 0.539. The second-order valence-electron chi connectivity index (χ2n) is 6.60. The summed E-state index contributed by atoms with van der Waals surface area (Å²) in [6.07, 6.45) is 2.59. The van der Waals surface area contributed by atoms with Gasteiger partial charge >= 0.3 is 0 Å². The number of amides is 1. The molecule has 4 nitrogen and oxygen atoms in total. The van der Waals surface area contributed by atoms with Crippen molar-refractivity contribution in [1.29, 1.82) is 0 Å². The van der Waals surface area contributed by atoms with Gasteiger partial charge in [-0.3, -0.25) is 4.79 Å². The molecule has 1 atom stereocenters. The topological polar surface area (TPSA) is 55.1 Å². The van der Waals surface area contributed by atoms with Gasteiger partial charge in [0.05, 0.1) is 12.5 Å². The SMILES string of the molecule is Cc1ccc(C(NC(=O)Cc2noc3ccccc23)C2CC2)cc1. The zero-order chi connectivity index (χ0) is 16.5. The van der Waals surface area contributed by atoms with Crippen LogP contribution in [0.4, 0.5) is 0 Å². The Morgan fingerprint density at radius 1 is 1.21 bits per heavy atom. The number of aromatic nitrogens is 1. The number of nitrogens with zero attached hydrogens (tertiary/aromatic N) is 1. The molecule has 1 aliphatic rings. The number of hydrogen-bond donors (Lipinski definition) is 1. The highest BCUT2D eigenvalue weighted by atomic mass is 16.5. The van der Waals surface area contributed by atoms with E-state index >= 15 is 0 Å². The number of nitrogens with one attached hydrogen (secondary N) is 1. The van der Waals surface area contributed by atoms with Crippen LogP contribution in [0.5, 0.6) is 0 Å². The van der Waals surface area contributed by atoms with Gasteiger partial charge in [-0.15, -0.1) is 0 Å². The smallest absolute Gasteiger partial charge is 0.226 e. The van der Waals surface area contributed by atoms with Gasteiger partial charge in [0, 0.05) is 5.39 Å². The minimum atomic E-state index is -0.00784. The second kappa shape index (κ2) is 6.11. The van der Waals surface area contributed by atoms with Gasteiger partial charge in [-0.1, -0.05) is 47.1 Å². The van der Waals surface area contributed by atoms with Crippen molar-refractivity contribution < 1.29 is 9.32 Å². The van der Waals surface area contributed by atoms with Gasteiger partial charge in [-0.2, -0.15) is 0 Å². The van der Waals surface area contributed by atoms with E-state index in [1.807, 2.05) is 24.3 Å². The van der Waals surface area contributed by atoms with Crippen LogP contribution >= 0.6 is 0 Å². The van der Waals surface area contributed by atoms with Gasteiger partial charge in [0.2, 0.25) is 5.91 Å². The highest BCUT2D eigenvalue weighted by Crippen LogP contribution is 2.41. The van der Waals surface area contributed by atoms with E-state index in [1.165, 1.54) is 24.0 Å². The molecule has 0 aliphatic heterocycles. The Bertz CT molecular complexity index is 863. The number of carbonyl (C=O) groups excluding carboxylic acids is 1. The molecule has 4 heteroatoms. The third-order valence-electron chi connectivity index (χ3n) is 4.63. The fraction of sp³-hybridized carbons (Fsp3) is 0.300. The Balaban J connectivity index is 1.50. The van der Waals surface area contributed by atoms with Crippen molar-refractivity contribution >= 4 is 16.9 Å². The molecule has 0 bridgehead atoms. The molecule has 1 saturated carbocycles. The molecule has 1 aromatic heterocycles. The highest BCUT2D eigenvalue weighted by Gasteiger charge is 2.33. The first kappa shape index (κ1) is 14.9. The van der Waals surface area contributed by atoms with E-state index in [1.54, 1.807) is 0 Å². The molecule has 1 N–H and O–H groups in total. The molecular weight excluding hydrogens is 300 g/mol. The maximum Gasteiger partial charge on any atom is 0.226 e. The summed E-state index contributed by atoms with van der Waals surface area (Å²) in [6, 6.07) is 16.2. The van der Waals surface area contributed by atoms with Crippen molar-refractivity contribution in [2.75, 3.05) is 0 Å². The van der Waals surface area contributed by atoms with Crippen molar-refractivity contribution in [2.45, 2.75) is 32.2 Å². The lowest BCUT2D eigenvalue weighted by Crippen LogP contribution is -2.31. The Hall–Kier alpha value is -2.62. The van der Waals surface area contributed by atoms with Crippen molar-refractivity contribution in [3.05, 3.63) is 65.4 Å². The van der Waals surface area contributed by atoms with E-state index in [9.17, 15) is 4.79 Å². The normalized spacial score (nSPS) is 15.4. The molecule has 0 saturated heterocycles. The summed E-state index contributed by atoms with van der Waals surface area (Å²) in [4.78, 5) is 12.5. The molecule has 122 valence electrons. The largest absolute Gasteiger partial charge is 0.356 e. The van der Waals surface area contributed by atoms with Crippen LogP contribution in [0.3, 0.4) is 0 Å². The van der Waals surface area contributed by atoms with E-state index in [-0.39, 0.29) is 18.4 Å². The molecule has 1 fully saturated rings. The van der Waals surface area contributed by atoms with E-state index in [2.05, 4.69) is 41.7 Å². The second-order valence-corrected chi connectivity index (χ2v) is 6.60. The summed E-state index contributed by atoms with van der Waals surface area (Å²) in [6.45, 7) is 2.07. The number of para-hydroxylation sites is 1. The van der Waals surface area contributed by atoms with Gasteiger partial charge in [0.1, 0.15) is 5.69 Å². The van der Waals surface area contributed by atoms with E-state index in [4.69, 9.17) is 4.52 Å². The van der Waals surface area contributed by atoms with Gasteiger partial charge in [-0.05, 0) is 43.4 Å². The number of benzene rings is 2. The summed E-state index contributed by atoms with van der Waals surface area (Å²) < 4.78 is 5.28. The number of fused-ring (bicyclic) bond motifs is 1. The van der Waals surface area contributed by atoms with E-state index < -0.39 is 0 Å². The van der Waals surface area contributed by atoms with Gasteiger partial charge in [0.15, 0.2) is 5.58 Å². The molecule has 3 aromatic rings. The molecule has 1 amide bonds. The zero-order valence-corrected chi connectivity index (χ0v) is 13.7. The van der Waals surface area contributed by atoms with Crippen LogP contribution in [0.2, 0.25) is 0 Å². The number of aryl methyl sites for hydroxylation is 1. The number of rotatable bonds is 5. The minimum Gasteiger partial charge on any atom is -0.356 e. The monoisotopic (exact) mass is 320 g/mol. The van der Waals surface area contributed by atoms with Crippen LogP contribution < -0.4 is 5.32 Å². The Labute approximate surface area is 140 Å². The van der Waals surface area contributed by atoms with E-state index in [0.717, 1.165) is 11.0 Å². The summed E-state index contributed by atoms with van der Waals surface area (Å²) in [5, 5.41) is 8.16. The van der Waals surface area contributed by atoms with E-state index in [0.29, 0.717) is 11.6 Å². The predicted molar refractivity (Wildman–Crippen MR) is 92.5 cm³/mol. The van der Waals surface area contributed by atoms with Crippen LogP contribution in [0.15, 0.2) is 53.1 Å². The Morgan fingerprint density at radius 2 is 1.96 bits per heavy atom. The fourth-order valence-corrected chi connectivity index (χ4v) is 3.12. The zero-order valence-electron chi connectivity index (χ0n) is 13.7. The van der Waals surface area contributed by atoms with Gasteiger partial charge in [0.25, 0.3) is 0 Å². The molecular formula is C20H20N2O2. The Morgan fingerprint density at radius 3 is 2.71 bits per heavy atom. The molecule has 1 unspecified atom stereocenters. The van der Waals surface area contributed by atoms with Crippen LogP contribution in [0, 0.1) is 12.8 Å². The first-order valence-electron chi connectivity index (χ1n) is 8.40. The van der Waals surface area contributed by atoms with Crippen molar-refractivity contribution in [3.63, 3.8) is 0 Å². The molecule has 4 rings (SSSR count). The third kappa shape index (κ3) is 3.04. The van der Waals surface area contributed by atoms with Crippen LogP contribution in [-0.4, -0.2) is 11.1 Å². The lowest BCUT2D eigenvalue weighted by atomic mass is 10.0. The molecule has 1 heterocycles. The quantitative estimate of drug-likeness (QED) is 0.774. The summed E-state index contributed by atoms with van der Waals surface area (Å²) in [7, 11) is 0. The maximum atomic E-state index is 12.5. The van der Waals surface area contributed by atoms with Gasteiger partial charge in [-0.25, -0.2) is 0 Å². The third-order valence-corrected chi connectivity index (χ3v) is 4.63. The predicted octanol–water partition coefficient (Wildman–Crippen LogP) is 3.95. The summed E-state index contributed by atoms with van der Waals surface area (Å²) >= 11 is 0. The number of hydrogen-bond acceptors (Lipinski definition) is 3. The Kier molecular flexibility index (Phi) is 3.81. The lowest BCUT2D eigenvalue weighted by molar-refractivity contribution is -0.121. The molecule has 0 spiro atoms. The van der Waals surface area contributed by atoms with Crippen molar-refractivity contribution in [2.24, 2.45) is 5.92 Å². The standard InChI is InChI=1S/C20H20N2O2/c1-13-6-8-14(9-7-13)20(15-10-11-15)21-19(23)12-17-16-4-2-3-5-18(16)24-22-17/h2-9,15,20H,10-12H2,1H3,(H,21,23). The van der Waals surface area contributed by atoms with Crippen LogP contribution in [0.1, 0.15) is 35.7 Å². The van der Waals surface area contributed by atoms with Crippen molar-refractivity contribution in [3.8, 4) is 0 Å². The lowest BCUT2D eigenvalue weighted by Gasteiger charge is -2.19. The van der Waals surface area contributed by atoms with Crippen molar-refractivity contribution in [1.82, 2.24) is 10.5 Å².